The van der Waals surface area contributed by atoms with Crippen molar-refractivity contribution in [2.24, 2.45) is 11.1 Å². The second-order valence-electron chi connectivity index (χ2n) is 5.21. The zero-order valence-electron chi connectivity index (χ0n) is 10.7. The first-order chi connectivity index (χ1) is 8.52. The molecule has 18 heavy (non-hydrogen) atoms. The molecular formula is C14H18BrNO2. The van der Waals surface area contributed by atoms with E-state index < -0.39 is 0 Å². The van der Waals surface area contributed by atoms with Gasteiger partial charge in [-0.15, -0.1) is 0 Å². The molecule has 1 aliphatic heterocycles. The average molecular weight is 312 g/mol. The molecule has 0 spiro atoms. The maximum atomic E-state index is 5.85. The minimum atomic E-state index is 0.0196. The minimum Gasteiger partial charge on any atom is -0.489 e. The number of hydrogen-bond donors (Lipinski definition) is 1. The Morgan fingerprint density at radius 3 is 2.78 bits per heavy atom. The third-order valence-electron chi connectivity index (χ3n) is 2.70. The first-order valence-corrected chi connectivity index (χ1v) is 6.77. The molecule has 3 nitrogen and oxygen atoms in total. The van der Waals surface area contributed by atoms with E-state index in [2.05, 4.69) is 29.8 Å². The van der Waals surface area contributed by atoms with E-state index in [-0.39, 0.29) is 5.41 Å². The SMILES string of the molecule is CC1(C)COc2cc(/C=C/CN)cc(Br)c2OC1. The van der Waals surface area contributed by atoms with Crippen molar-refractivity contribution in [3.63, 3.8) is 0 Å². The molecule has 1 heterocycles. The highest BCUT2D eigenvalue weighted by Crippen LogP contribution is 2.40. The molecule has 1 aromatic carbocycles. The Hall–Kier alpha value is -1.00. The maximum Gasteiger partial charge on any atom is 0.175 e. The van der Waals surface area contributed by atoms with Crippen LogP contribution in [0.4, 0.5) is 0 Å². The highest BCUT2D eigenvalue weighted by atomic mass is 79.9. The van der Waals surface area contributed by atoms with Crippen LogP contribution in [0.2, 0.25) is 0 Å². The third-order valence-corrected chi connectivity index (χ3v) is 3.29. The molecule has 0 unspecified atom stereocenters. The Labute approximate surface area is 116 Å². The van der Waals surface area contributed by atoms with Crippen molar-refractivity contribution < 1.29 is 9.47 Å². The summed E-state index contributed by atoms with van der Waals surface area (Å²) in [5.41, 5.74) is 6.53. The zero-order chi connectivity index (χ0) is 13.2. The van der Waals surface area contributed by atoms with Gasteiger partial charge in [-0.2, -0.15) is 0 Å². The number of rotatable bonds is 2. The number of nitrogens with two attached hydrogens (primary N) is 1. The molecule has 0 saturated heterocycles. The van der Waals surface area contributed by atoms with E-state index in [0.29, 0.717) is 19.8 Å². The first-order valence-electron chi connectivity index (χ1n) is 5.97. The van der Waals surface area contributed by atoms with Crippen molar-refractivity contribution in [2.45, 2.75) is 13.8 Å². The van der Waals surface area contributed by atoms with Gasteiger partial charge < -0.3 is 15.2 Å². The highest BCUT2D eigenvalue weighted by molar-refractivity contribution is 9.10. The zero-order valence-corrected chi connectivity index (χ0v) is 12.3. The average Bonchev–Trinajstić information content (AvgIpc) is 2.46. The highest BCUT2D eigenvalue weighted by Gasteiger charge is 2.26. The predicted octanol–water partition coefficient (Wildman–Crippen LogP) is 3.22. The molecule has 1 aromatic rings. The summed E-state index contributed by atoms with van der Waals surface area (Å²) in [6.45, 7) is 6.08. The summed E-state index contributed by atoms with van der Waals surface area (Å²) in [5.74, 6) is 1.57. The van der Waals surface area contributed by atoms with Crippen molar-refractivity contribution in [3.8, 4) is 11.5 Å². The normalized spacial score (nSPS) is 17.8. The van der Waals surface area contributed by atoms with Gasteiger partial charge in [0.25, 0.3) is 0 Å². The van der Waals surface area contributed by atoms with Crippen molar-refractivity contribution in [1.29, 1.82) is 0 Å². The molecule has 0 aromatic heterocycles. The summed E-state index contributed by atoms with van der Waals surface area (Å²) in [6, 6.07) is 3.99. The van der Waals surface area contributed by atoms with Crippen LogP contribution in [0.1, 0.15) is 19.4 Å². The van der Waals surface area contributed by atoms with Crippen LogP contribution >= 0.6 is 15.9 Å². The molecule has 98 valence electrons. The Kier molecular flexibility index (Phi) is 3.97. The van der Waals surface area contributed by atoms with Crippen molar-refractivity contribution in [2.75, 3.05) is 19.8 Å². The lowest BCUT2D eigenvalue weighted by Gasteiger charge is -2.19. The van der Waals surface area contributed by atoms with Crippen molar-refractivity contribution in [1.82, 2.24) is 0 Å². The Morgan fingerprint density at radius 2 is 2.06 bits per heavy atom. The fourth-order valence-corrected chi connectivity index (χ4v) is 2.29. The van der Waals surface area contributed by atoms with E-state index in [1.54, 1.807) is 0 Å². The summed E-state index contributed by atoms with van der Waals surface area (Å²) in [4.78, 5) is 0. The van der Waals surface area contributed by atoms with Gasteiger partial charge in [-0.25, -0.2) is 0 Å². The van der Waals surface area contributed by atoms with E-state index >= 15 is 0 Å². The van der Waals surface area contributed by atoms with Gasteiger partial charge >= 0.3 is 0 Å². The number of fused-ring (bicyclic) bond motifs is 1. The lowest BCUT2D eigenvalue weighted by atomic mass is 9.97. The molecule has 0 amide bonds. The van der Waals surface area contributed by atoms with E-state index in [1.165, 1.54) is 0 Å². The number of hydrogen-bond acceptors (Lipinski definition) is 3. The van der Waals surface area contributed by atoms with Crippen LogP contribution in [-0.2, 0) is 0 Å². The third kappa shape index (κ3) is 3.06. The molecule has 0 radical (unpaired) electrons. The van der Waals surface area contributed by atoms with Gasteiger partial charge in [-0.05, 0) is 33.6 Å². The summed E-state index contributed by atoms with van der Waals surface area (Å²) >= 11 is 3.53. The van der Waals surface area contributed by atoms with E-state index in [9.17, 15) is 0 Å². The minimum absolute atomic E-state index is 0.0196. The van der Waals surface area contributed by atoms with E-state index in [1.807, 2.05) is 24.3 Å². The van der Waals surface area contributed by atoms with Crippen LogP contribution in [0.15, 0.2) is 22.7 Å². The van der Waals surface area contributed by atoms with Crippen LogP contribution in [0.5, 0.6) is 11.5 Å². The number of halogens is 1. The van der Waals surface area contributed by atoms with Crippen LogP contribution < -0.4 is 15.2 Å². The molecule has 4 heteroatoms. The van der Waals surface area contributed by atoms with Gasteiger partial charge in [-0.1, -0.05) is 26.0 Å². The first kappa shape index (κ1) is 13.4. The van der Waals surface area contributed by atoms with Gasteiger partial charge in [-0.3, -0.25) is 0 Å². The van der Waals surface area contributed by atoms with Gasteiger partial charge in [0, 0.05) is 12.0 Å². The van der Waals surface area contributed by atoms with Crippen LogP contribution in [0.3, 0.4) is 0 Å². The lowest BCUT2D eigenvalue weighted by Crippen LogP contribution is -2.26. The topological polar surface area (TPSA) is 44.5 Å². The Morgan fingerprint density at radius 1 is 1.33 bits per heavy atom. The van der Waals surface area contributed by atoms with Gasteiger partial charge in [0.2, 0.25) is 0 Å². The van der Waals surface area contributed by atoms with E-state index in [0.717, 1.165) is 21.5 Å². The standard InChI is InChI=1S/C14H18BrNO2/c1-14(2)8-17-12-7-10(4-3-5-16)6-11(15)13(12)18-9-14/h3-4,6-7H,5,8-9,16H2,1-2H3/b4-3+. The van der Waals surface area contributed by atoms with Crippen molar-refractivity contribution >= 4 is 22.0 Å². The number of benzene rings is 1. The Balaban J connectivity index is 2.34. The molecule has 0 saturated carbocycles. The molecule has 0 bridgehead atoms. The van der Waals surface area contributed by atoms with Gasteiger partial charge in [0.15, 0.2) is 11.5 Å². The second kappa shape index (κ2) is 5.33. The van der Waals surface area contributed by atoms with Gasteiger partial charge in [0.1, 0.15) is 0 Å². The summed E-state index contributed by atoms with van der Waals surface area (Å²) < 4.78 is 12.6. The van der Waals surface area contributed by atoms with Gasteiger partial charge in [0.05, 0.1) is 17.7 Å². The van der Waals surface area contributed by atoms with Crippen molar-refractivity contribution in [3.05, 3.63) is 28.2 Å². The fraction of sp³-hybridized carbons (Fsp3) is 0.429. The molecule has 1 aliphatic rings. The van der Waals surface area contributed by atoms with E-state index in [4.69, 9.17) is 15.2 Å². The molecule has 0 fully saturated rings. The fourth-order valence-electron chi connectivity index (χ4n) is 1.72. The molecule has 2 rings (SSSR count). The summed E-state index contributed by atoms with van der Waals surface area (Å²) in [6.07, 6.45) is 3.89. The Bertz CT molecular complexity index is 469. The predicted molar refractivity (Wildman–Crippen MR) is 77.0 cm³/mol. The largest absolute Gasteiger partial charge is 0.489 e. The molecular weight excluding hydrogens is 294 g/mol. The second-order valence-corrected chi connectivity index (χ2v) is 6.06. The maximum absolute atomic E-state index is 5.85. The van der Waals surface area contributed by atoms with Crippen LogP contribution in [-0.4, -0.2) is 19.8 Å². The number of ether oxygens (including phenoxy) is 2. The van der Waals surface area contributed by atoms with Crippen LogP contribution in [0, 0.1) is 5.41 Å². The summed E-state index contributed by atoms with van der Waals surface area (Å²) in [7, 11) is 0. The molecule has 0 atom stereocenters. The smallest absolute Gasteiger partial charge is 0.175 e. The monoisotopic (exact) mass is 311 g/mol. The quantitative estimate of drug-likeness (QED) is 0.912. The summed E-state index contributed by atoms with van der Waals surface area (Å²) in [5, 5.41) is 0. The lowest BCUT2D eigenvalue weighted by molar-refractivity contribution is 0.140. The molecule has 2 N–H and O–H groups in total. The molecule has 0 aliphatic carbocycles. The van der Waals surface area contributed by atoms with Crippen LogP contribution in [0.25, 0.3) is 6.08 Å².